The number of quaternary nitrogens is 1. The van der Waals surface area contributed by atoms with E-state index in [4.69, 9.17) is 32.7 Å². The lowest BCUT2D eigenvalue weighted by Crippen LogP contribution is -3.00. The molecule has 2 saturated heterocycles. The zero-order chi connectivity index (χ0) is 17.9. The number of nitrogens with zero attached hydrogens (tertiary/aromatic N) is 1. The van der Waals surface area contributed by atoms with Crippen LogP contribution in [0.4, 0.5) is 0 Å². The molecule has 146 valence electrons. The van der Waals surface area contributed by atoms with Crippen LogP contribution in [0.25, 0.3) is 0 Å². The first-order valence-electron chi connectivity index (χ1n) is 9.06. The number of piperidine rings is 2. The highest BCUT2D eigenvalue weighted by Crippen LogP contribution is 2.36. The Morgan fingerprint density at radius 3 is 2.73 bits per heavy atom. The molecular formula is C19H26Cl2INO3. The maximum Gasteiger partial charge on any atom is 0.344 e. The second kappa shape index (κ2) is 9.80. The standard InChI is InChI=1S/C19H26Cl2NO3.HI/c1-22-9-3-2-6-17(22)14(5-4-10-22)12-25-19(23)13-24-18-8-7-15(20)11-16(18)21;/h7-8,11,14,17H,2-6,9-10,12-13H2,1H3;1H/q+1;/p-1/t14-,17+,22?;/m0./s1. The summed E-state index contributed by atoms with van der Waals surface area (Å²) in [4.78, 5) is 12.1. The van der Waals surface area contributed by atoms with Crippen molar-refractivity contribution in [3.8, 4) is 5.75 Å². The number of hydrogen-bond donors (Lipinski definition) is 0. The van der Waals surface area contributed by atoms with E-state index in [0.717, 1.165) is 10.9 Å². The molecule has 0 amide bonds. The number of fused-ring (bicyclic) bond motifs is 1. The van der Waals surface area contributed by atoms with Crippen molar-refractivity contribution in [1.82, 2.24) is 0 Å². The predicted octanol–water partition coefficient (Wildman–Crippen LogP) is 1.33. The van der Waals surface area contributed by atoms with Gasteiger partial charge < -0.3 is 37.9 Å². The molecule has 0 N–H and O–H groups in total. The fourth-order valence-corrected chi connectivity index (χ4v) is 4.86. The maximum atomic E-state index is 12.1. The lowest BCUT2D eigenvalue weighted by molar-refractivity contribution is -0.947. The van der Waals surface area contributed by atoms with Gasteiger partial charge in [0.05, 0.1) is 37.8 Å². The minimum absolute atomic E-state index is 0. The summed E-state index contributed by atoms with van der Waals surface area (Å²) in [5.41, 5.74) is 0. The van der Waals surface area contributed by atoms with Crippen molar-refractivity contribution in [2.45, 2.75) is 38.1 Å². The molecule has 1 unspecified atom stereocenters. The molecule has 0 radical (unpaired) electrons. The van der Waals surface area contributed by atoms with E-state index in [-0.39, 0.29) is 36.6 Å². The van der Waals surface area contributed by atoms with Gasteiger partial charge in [-0.05, 0) is 43.9 Å². The third-order valence-electron chi connectivity index (χ3n) is 5.71. The Balaban J connectivity index is 0.00000243. The summed E-state index contributed by atoms with van der Waals surface area (Å²) in [5, 5.41) is 0.925. The smallest absolute Gasteiger partial charge is 0.344 e. The number of esters is 1. The Labute approximate surface area is 182 Å². The Morgan fingerprint density at radius 1 is 1.19 bits per heavy atom. The second-order valence-corrected chi connectivity index (χ2v) is 8.28. The van der Waals surface area contributed by atoms with Gasteiger partial charge in [0.15, 0.2) is 6.61 Å². The van der Waals surface area contributed by atoms with E-state index in [1.54, 1.807) is 18.2 Å². The predicted molar refractivity (Wildman–Crippen MR) is 99.2 cm³/mol. The minimum atomic E-state index is -0.346. The Morgan fingerprint density at radius 2 is 1.96 bits per heavy atom. The van der Waals surface area contributed by atoms with Crippen molar-refractivity contribution >= 4 is 29.2 Å². The summed E-state index contributed by atoms with van der Waals surface area (Å²) in [7, 11) is 2.36. The van der Waals surface area contributed by atoms with Gasteiger partial charge in [-0.3, -0.25) is 0 Å². The summed E-state index contributed by atoms with van der Waals surface area (Å²) in [6, 6.07) is 5.55. The van der Waals surface area contributed by atoms with E-state index in [9.17, 15) is 4.79 Å². The number of ether oxygens (including phenoxy) is 2. The van der Waals surface area contributed by atoms with Gasteiger partial charge in [-0.2, -0.15) is 0 Å². The van der Waals surface area contributed by atoms with Gasteiger partial charge in [-0.1, -0.05) is 23.2 Å². The van der Waals surface area contributed by atoms with Gasteiger partial charge in [0.1, 0.15) is 5.75 Å². The van der Waals surface area contributed by atoms with Crippen LogP contribution in [0.3, 0.4) is 0 Å². The summed E-state index contributed by atoms with van der Waals surface area (Å²) >= 11 is 11.9. The third-order valence-corrected chi connectivity index (χ3v) is 6.24. The Hall–Kier alpha value is -0.240. The normalized spacial score (nSPS) is 27.8. The van der Waals surface area contributed by atoms with Crippen LogP contribution in [-0.4, -0.2) is 49.8 Å². The van der Waals surface area contributed by atoms with E-state index in [2.05, 4.69) is 7.05 Å². The van der Waals surface area contributed by atoms with Crippen LogP contribution in [0.5, 0.6) is 5.75 Å². The molecule has 0 bridgehead atoms. The van der Waals surface area contributed by atoms with Gasteiger partial charge in [-0.25, -0.2) is 4.79 Å². The zero-order valence-electron chi connectivity index (χ0n) is 15.1. The molecule has 0 aromatic heterocycles. The van der Waals surface area contributed by atoms with Crippen LogP contribution in [0.1, 0.15) is 32.1 Å². The van der Waals surface area contributed by atoms with E-state index >= 15 is 0 Å². The zero-order valence-corrected chi connectivity index (χ0v) is 18.7. The van der Waals surface area contributed by atoms with Crippen molar-refractivity contribution in [2.75, 3.05) is 33.4 Å². The van der Waals surface area contributed by atoms with Crippen LogP contribution in [0.15, 0.2) is 18.2 Å². The van der Waals surface area contributed by atoms with Crippen molar-refractivity contribution in [1.29, 1.82) is 0 Å². The van der Waals surface area contributed by atoms with E-state index < -0.39 is 0 Å². The Bertz CT molecular complexity index is 627. The average Bonchev–Trinajstić information content (AvgIpc) is 2.58. The highest BCUT2D eigenvalue weighted by atomic mass is 127. The van der Waals surface area contributed by atoms with Gasteiger partial charge in [0.25, 0.3) is 0 Å². The van der Waals surface area contributed by atoms with Crippen LogP contribution < -0.4 is 28.7 Å². The lowest BCUT2D eigenvalue weighted by Gasteiger charge is -2.51. The number of hydrogen-bond acceptors (Lipinski definition) is 3. The third kappa shape index (κ3) is 5.40. The topological polar surface area (TPSA) is 35.5 Å². The average molecular weight is 514 g/mol. The van der Waals surface area contributed by atoms with Gasteiger partial charge in [0, 0.05) is 17.4 Å². The number of halogens is 3. The number of rotatable bonds is 5. The van der Waals surface area contributed by atoms with Crippen LogP contribution in [0, 0.1) is 5.92 Å². The highest BCUT2D eigenvalue weighted by molar-refractivity contribution is 6.35. The van der Waals surface area contributed by atoms with Crippen LogP contribution in [-0.2, 0) is 9.53 Å². The number of carbonyl (C=O) groups excluding carboxylic acids is 1. The molecule has 2 aliphatic rings. The maximum absolute atomic E-state index is 12.1. The molecule has 26 heavy (non-hydrogen) atoms. The lowest BCUT2D eigenvalue weighted by atomic mass is 9.82. The van der Waals surface area contributed by atoms with E-state index in [1.165, 1.54) is 38.8 Å². The molecule has 2 heterocycles. The largest absolute Gasteiger partial charge is 1.00 e. The molecule has 1 aromatic carbocycles. The fourth-order valence-electron chi connectivity index (χ4n) is 4.40. The summed E-state index contributed by atoms with van der Waals surface area (Å²) in [6.45, 7) is 2.88. The quantitative estimate of drug-likeness (QED) is 0.338. The van der Waals surface area contributed by atoms with Crippen molar-refractivity contribution < 1.29 is 42.7 Å². The van der Waals surface area contributed by atoms with E-state index in [0.29, 0.717) is 34.4 Å². The minimum Gasteiger partial charge on any atom is -1.00 e. The first kappa shape index (κ1) is 22.1. The monoisotopic (exact) mass is 513 g/mol. The first-order chi connectivity index (χ1) is 12.0. The summed E-state index contributed by atoms with van der Waals surface area (Å²) < 4.78 is 12.1. The molecule has 2 fully saturated rings. The first-order valence-corrected chi connectivity index (χ1v) is 9.81. The van der Waals surface area contributed by atoms with Crippen molar-refractivity contribution in [3.05, 3.63) is 28.2 Å². The van der Waals surface area contributed by atoms with Crippen LogP contribution in [0.2, 0.25) is 10.0 Å². The molecule has 0 aliphatic carbocycles. The van der Waals surface area contributed by atoms with E-state index in [1.807, 2.05) is 0 Å². The van der Waals surface area contributed by atoms with Gasteiger partial charge in [0.2, 0.25) is 0 Å². The van der Waals surface area contributed by atoms with Crippen molar-refractivity contribution in [2.24, 2.45) is 5.92 Å². The number of benzene rings is 1. The van der Waals surface area contributed by atoms with Crippen molar-refractivity contribution in [3.63, 3.8) is 0 Å². The molecule has 3 atom stereocenters. The summed E-state index contributed by atoms with van der Waals surface area (Å²) in [6.07, 6.45) is 6.22. The number of carbonyl (C=O) groups is 1. The SMILES string of the molecule is C[N+]12CCCC[C@@H]1[C@H](COC(=O)COc1ccc(Cl)cc1Cl)CCC2.[I-]. The molecular weight excluding hydrogens is 488 g/mol. The van der Waals surface area contributed by atoms with Gasteiger partial charge in [-0.15, -0.1) is 0 Å². The molecule has 4 nitrogen and oxygen atoms in total. The molecule has 7 heteroatoms. The highest BCUT2D eigenvalue weighted by Gasteiger charge is 2.43. The Kier molecular flexibility index (Phi) is 8.32. The molecule has 0 spiro atoms. The molecule has 3 rings (SSSR count). The summed E-state index contributed by atoms with van der Waals surface area (Å²) in [5.74, 6) is 0.556. The van der Waals surface area contributed by atoms with Gasteiger partial charge >= 0.3 is 5.97 Å². The van der Waals surface area contributed by atoms with Crippen LogP contribution >= 0.6 is 23.2 Å². The second-order valence-electron chi connectivity index (χ2n) is 7.44. The fraction of sp³-hybridized carbons (Fsp3) is 0.632. The molecule has 0 saturated carbocycles. The molecule has 1 aromatic rings. The molecule has 2 aliphatic heterocycles.